The fourth-order valence-electron chi connectivity index (χ4n) is 1.11. The Labute approximate surface area is 102 Å². The normalized spacial score (nSPS) is 9.94. The van der Waals surface area contributed by atoms with Gasteiger partial charge in [-0.3, -0.25) is 4.98 Å². The number of hydrogen-bond donors (Lipinski definition) is 0. The van der Waals surface area contributed by atoms with Crippen LogP contribution in [-0.2, 0) is 4.52 Å². The summed E-state index contributed by atoms with van der Waals surface area (Å²) in [6.45, 7) is 2.58. The van der Waals surface area contributed by atoms with Gasteiger partial charge in [0.05, 0.1) is 27.3 Å². The van der Waals surface area contributed by atoms with Crippen LogP contribution in [0.4, 0.5) is 0 Å². The van der Waals surface area contributed by atoms with Crippen molar-refractivity contribution in [2.75, 3.05) is 6.61 Å². The zero-order valence-corrected chi connectivity index (χ0v) is 10.8. The zero-order chi connectivity index (χ0) is 12.0. The van der Waals surface area contributed by atoms with Gasteiger partial charge in [-0.2, -0.15) is 0 Å². The van der Waals surface area contributed by atoms with E-state index >= 15 is 0 Å². The Hall–Kier alpha value is -0.860. The van der Waals surface area contributed by atoms with Crippen LogP contribution in [0.2, 0.25) is 5.02 Å². The summed E-state index contributed by atoms with van der Waals surface area (Å²) in [7, 11) is 1.89. The van der Waals surface area contributed by atoms with Gasteiger partial charge in [-0.15, -0.1) is 0 Å². The number of ether oxygens (including phenoxy) is 1. The maximum Gasteiger partial charge on any atom is 0.345 e. The molecule has 0 fully saturated rings. The van der Waals surface area contributed by atoms with Gasteiger partial charge in [0.1, 0.15) is 5.56 Å². The summed E-state index contributed by atoms with van der Waals surface area (Å²) in [5, 5.41) is 0.224. The quantitative estimate of drug-likeness (QED) is 0.604. The summed E-state index contributed by atoms with van der Waals surface area (Å²) in [4.78, 5) is 15.3. The van der Waals surface area contributed by atoms with Gasteiger partial charge in [-0.25, -0.2) is 4.79 Å². The highest BCUT2D eigenvalue weighted by atomic mass is 35.5. The highest BCUT2D eigenvalue weighted by molar-refractivity contribution is 7.10. The molecular formula is C10H13ClNO3P. The minimum atomic E-state index is -0.552. The van der Waals surface area contributed by atoms with Crippen LogP contribution in [0.25, 0.3) is 0 Å². The monoisotopic (exact) mass is 261 g/mol. The first-order chi connectivity index (χ1) is 7.70. The van der Waals surface area contributed by atoms with Gasteiger partial charge in [0.15, 0.2) is 5.75 Å². The number of nitrogens with zero attached hydrogens (tertiary/aromatic N) is 1. The van der Waals surface area contributed by atoms with Crippen LogP contribution in [0.1, 0.15) is 30.1 Å². The highest BCUT2D eigenvalue weighted by Gasteiger charge is 2.17. The van der Waals surface area contributed by atoms with E-state index in [0.29, 0.717) is 12.4 Å². The molecule has 0 aliphatic carbocycles. The Balaban J connectivity index is 2.89. The molecule has 0 amide bonds. The van der Waals surface area contributed by atoms with Crippen molar-refractivity contribution >= 4 is 27.0 Å². The number of halogens is 1. The molecule has 1 heterocycles. The molecule has 0 saturated carbocycles. The summed E-state index contributed by atoms with van der Waals surface area (Å²) in [5.74, 6) is -0.197. The summed E-state index contributed by atoms with van der Waals surface area (Å²) in [6.07, 6.45) is 4.75. The summed E-state index contributed by atoms with van der Waals surface area (Å²) in [5.41, 5.74) is 0.211. The van der Waals surface area contributed by atoms with Crippen molar-refractivity contribution in [1.29, 1.82) is 0 Å². The average Bonchev–Trinajstić information content (AvgIpc) is 2.29. The zero-order valence-electron chi connectivity index (χ0n) is 8.90. The maximum atomic E-state index is 11.5. The number of unbranched alkanes of at least 4 members (excludes halogenated alkanes) is 1. The Morgan fingerprint density at radius 2 is 2.31 bits per heavy atom. The van der Waals surface area contributed by atoms with Crippen LogP contribution in [-0.4, -0.2) is 17.6 Å². The van der Waals surface area contributed by atoms with Crippen molar-refractivity contribution in [3.8, 4) is 5.75 Å². The number of carbonyl (C=O) groups excluding carboxylic acids is 1. The average molecular weight is 262 g/mol. The third-order valence-corrected chi connectivity index (χ3v) is 2.43. The van der Waals surface area contributed by atoms with Gasteiger partial charge in [0.2, 0.25) is 0 Å². The number of carbonyl (C=O) groups is 1. The van der Waals surface area contributed by atoms with Gasteiger partial charge in [-0.05, 0) is 6.42 Å². The van der Waals surface area contributed by atoms with E-state index in [1.165, 1.54) is 12.4 Å². The first kappa shape index (κ1) is 13.2. The standard InChI is InChI=1S/C10H13ClNO3P/c1-2-3-4-14-8-6-12-5-7(11)9(8)10(13)15-16/h5-6H,2-4,16H2,1H3. The second-order valence-electron chi connectivity index (χ2n) is 3.10. The Kier molecular flexibility index (Phi) is 5.50. The highest BCUT2D eigenvalue weighted by Crippen LogP contribution is 2.26. The van der Waals surface area contributed by atoms with Crippen molar-refractivity contribution in [3.63, 3.8) is 0 Å². The van der Waals surface area contributed by atoms with E-state index in [-0.39, 0.29) is 10.6 Å². The Morgan fingerprint density at radius 3 is 2.94 bits per heavy atom. The van der Waals surface area contributed by atoms with Gasteiger partial charge in [0.25, 0.3) is 0 Å². The predicted octanol–water partition coefficient (Wildman–Crippen LogP) is 2.86. The number of pyridine rings is 1. The van der Waals surface area contributed by atoms with Crippen LogP contribution in [0.3, 0.4) is 0 Å². The smallest absolute Gasteiger partial charge is 0.345 e. The second kappa shape index (κ2) is 6.66. The molecule has 4 nitrogen and oxygen atoms in total. The van der Waals surface area contributed by atoms with E-state index in [0.717, 1.165) is 12.8 Å². The molecule has 0 bridgehead atoms. The minimum Gasteiger partial charge on any atom is -0.491 e. The molecule has 0 aromatic carbocycles. The first-order valence-electron chi connectivity index (χ1n) is 4.88. The molecule has 1 aromatic heterocycles. The van der Waals surface area contributed by atoms with Crippen LogP contribution in [0, 0.1) is 0 Å². The Morgan fingerprint density at radius 1 is 1.56 bits per heavy atom. The van der Waals surface area contributed by atoms with Gasteiger partial charge in [0, 0.05) is 6.20 Å². The van der Waals surface area contributed by atoms with E-state index in [4.69, 9.17) is 16.3 Å². The van der Waals surface area contributed by atoms with Gasteiger partial charge >= 0.3 is 5.97 Å². The molecule has 1 rings (SSSR count). The lowest BCUT2D eigenvalue weighted by molar-refractivity contribution is 0.0761. The van der Waals surface area contributed by atoms with Crippen LogP contribution < -0.4 is 4.74 Å². The van der Waals surface area contributed by atoms with Crippen LogP contribution in [0.5, 0.6) is 5.75 Å². The van der Waals surface area contributed by atoms with Gasteiger partial charge < -0.3 is 9.26 Å². The SMILES string of the molecule is CCCCOc1cncc(Cl)c1C(=O)OP. The van der Waals surface area contributed by atoms with Crippen molar-refractivity contribution in [3.05, 3.63) is 23.0 Å². The third-order valence-electron chi connectivity index (χ3n) is 1.93. The van der Waals surface area contributed by atoms with Crippen LogP contribution in [0.15, 0.2) is 12.4 Å². The van der Waals surface area contributed by atoms with Gasteiger partial charge in [-0.1, -0.05) is 24.9 Å². The van der Waals surface area contributed by atoms with E-state index < -0.39 is 5.97 Å². The molecule has 0 spiro atoms. The first-order valence-corrected chi connectivity index (χ1v) is 5.73. The molecule has 1 atom stereocenters. The number of aromatic nitrogens is 1. The van der Waals surface area contributed by atoms with E-state index in [2.05, 4.69) is 16.4 Å². The molecule has 0 saturated heterocycles. The maximum absolute atomic E-state index is 11.5. The topological polar surface area (TPSA) is 48.4 Å². The third kappa shape index (κ3) is 3.32. The lowest BCUT2D eigenvalue weighted by Gasteiger charge is -2.10. The summed E-state index contributed by atoms with van der Waals surface area (Å²) in [6, 6.07) is 0. The predicted molar refractivity (Wildman–Crippen MR) is 64.8 cm³/mol. The Bertz CT molecular complexity index is 373. The van der Waals surface area contributed by atoms with Crippen molar-refractivity contribution in [1.82, 2.24) is 4.98 Å². The fraction of sp³-hybridized carbons (Fsp3) is 0.400. The van der Waals surface area contributed by atoms with E-state index in [9.17, 15) is 4.79 Å². The van der Waals surface area contributed by atoms with E-state index in [1.54, 1.807) is 0 Å². The minimum absolute atomic E-state index is 0.211. The van der Waals surface area contributed by atoms with Crippen molar-refractivity contribution in [2.45, 2.75) is 19.8 Å². The molecule has 88 valence electrons. The molecule has 6 heteroatoms. The van der Waals surface area contributed by atoms with Crippen molar-refractivity contribution in [2.24, 2.45) is 0 Å². The lowest BCUT2D eigenvalue weighted by atomic mass is 10.2. The van der Waals surface area contributed by atoms with Crippen LogP contribution >= 0.6 is 21.1 Å². The molecule has 0 N–H and O–H groups in total. The lowest BCUT2D eigenvalue weighted by Crippen LogP contribution is -2.06. The fourth-order valence-corrected chi connectivity index (χ4v) is 1.45. The molecule has 0 aliphatic rings. The molecule has 1 aromatic rings. The molecule has 0 radical (unpaired) electrons. The number of rotatable bonds is 5. The van der Waals surface area contributed by atoms with Crippen molar-refractivity contribution < 1.29 is 14.1 Å². The summed E-state index contributed by atoms with van der Waals surface area (Å²) >= 11 is 5.86. The molecule has 1 unspecified atom stereocenters. The largest absolute Gasteiger partial charge is 0.491 e. The molecular weight excluding hydrogens is 249 g/mol. The molecule has 0 aliphatic heterocycles. The van der Waals surface area contributed by atoms with E-state index in [1.807, 2.05) is 9.47 Å². The number of hydrogen-bond acceptors (Lipinski definition) is 4. The summed E-state index contributed by atoms with van der Waals surface area (Å²) < 4.78 is 9.97. The second-order valence-corrected chi connectivity index (χ2v) is 3.74. The molecule has 16 heavy (non-hydrogen) atoms.